The molecule has 0 fully saturated rings. The van der Waals surface area contributed by atoms with Gasteiger partial charge in [-0.2, -0.15) is 0 Å². The van der Waals surface area contributed by atoms with Gasteiger partial charge in [-0.3, -0.25) is 13.9 Å². The number of anilines is 1. The maximum atomic E-state index is 13.9. The number of rotatable bonds is 11. The van der Waals surface area contributed by atoms with Crippen LogP contribution in [0.5, 0.6) is 5.75 Å². The molecule has 0 heterocycles. The van der Waals surface area contributed by atoms with Gasteiger partial charge in [0.15, 0.2) is 0 Å². The van der Waals surface area contributed by atoms with Crippen LogP contribution < -0.4 is 14.4 Å². The minimum Gasteiger partial charge on any atom is -0.497 e. The summed E-state index contributed by atoms with van der Waals surface area (Å²) in [5.41, 5.74) is 1.76. The van der Waals surface area contributed by atoms with E-state index in [-0.39, 0.29) is 29.1 Å². The molecule has 208 valence electrons. The molecule has 0 saturated heterocycles. The van der Waals surface area contributed by atoms with Crippen molar-refractivity contribution in [1.82, 2.24) is 10.2 Å². The summed E-state index contributed by atoms with van der Waals surface area (Å²) in [6.45, 7) is 6.64. The van der Waals surface area contributed by atoms with E-state index in [0.29, 0.717) is 10.8 Å². The standard InChI is InChI=1S/C29H34ClN3O5S/c1-20(2)31-29(35)22(4)32(18-23-12-15-25(38-5)16-13-23)28(34)19-33(24-14-11-21(3)27(30)17-24)39(36,37)26-9-7-6-8-10-26/h6-17,20,22H,18-19H2,1-5H3,(H,31,35)/t22-/m0/s1. The van der Waals surface area contributed by atoms with Crippen molar-refractivity contribution in [3.8, 4) is 5.75 Å². The fraction of sp³-hybridized carbons (Fsp3) is 0.310. The summed E-state index contributed by atoms with van der Waals surface area (Å²) in [5, 5.41) is 3.20. The maximum absolute atomic E-state index is 13.9. The quantitative estimate of drug-likeness (QED) is 0.357. The molecule has 3 rings (SSSR count). The highest BCUT2D eigenvalue weighted by Gasteiger charge is 2.32. The number of carbonyl (C=O) groups excluding carboxylic acids is 2. The van der Waals surface area contributed by atoms with E-state index in [1.165, 1.54) is 23.1 Å². The molecular weight excluding hydrogens is 538 g/mol. The van der Waals surface area contributed by atoms with Gasteiger partial charge < -0.3 is 15.0 Å². The van der Waals surface area contributed by atoms with Gasteiger partial charge in [0.25, 0.3) is 10.0 Å². The highest BCUT2D eigenvalue weighted by atomic mass is 35.5. The molecule has 0 spiro atoms. The number of aryl methyl sites for hydroxylation is 1. The van der Waals surface area contributed by atoms with Gasteiger partial charge in [0.05, 0.1) is 17.7 Å². The predicted molar refractivity (Wildman–Crippen MR) is 153 cm³/mol. The predicted octanol–water partition coefficient (Wildman–Crippen LogP) is 4.79. The van der Waals surface area contributed by atoms with Crippen molar-refractivity contribution >= 4 is 39.1 Å². The minimum absolute atomic E-state index is 0.0294. The lowest BCUT2D eigenvalue weighted by Gasteiger charge is -2.32. The van der Waals surface area contributed by atoms with Crippen molar-refractivity contribution < 1.29 is 22.7 Å². The van der Waals surface area contributed by atoms with Crippen molar-refractivity contribution in [2.45, 2.75) is 51.2 Å². The van der Waals surface area contributed by atoms with Gasteiger partial charge in [-0.1, -0.05) is 48.0 Å². The zero-order chi connectivity index (χ0) is 28.7. The van der Waals surface area contributed by atoms with Gasteiger partial charge in [-0.05, 0) is 75.2 Å². The van der Waals surface area contributed by atoms with E-state index < -0.39 is 28.5 Å². The topological polar surface area (TPSA) is 96.0 Å². The summed E-state index contributed by atoms with van der Waals surface area (Å²) in [5.74, 6) is -0.241. The molecule has 0 saturated carbocycles. The summed E-state index contributed by atoms with van der Waals surface area (Å²) in [7, 11) is -2.59. The van der Waals surface area contributed by atoms with E-state index in [2.05, 4.69) is 5.32 Å². The van der Waals surface area contributed by atoms with E-state index in [9.17, 15) is 18.0 Å². The highest BCUT2D eigenvalue weighted by molar-refractivity contribution is 7.92. The number of hydrogen-bond acceptors (Lipinski definition) is 5. The van der Waals surface area contributed by atoms with Crippen LogP contribution in [0.2, 0.25) is 5.02 Å². The maximum Gasteiger partial charge on any atom is 0.264 e. The molecule has 3 aromatic rings. The van der Waals surface area contributed by atoms with Crippen molar-refractivity contribution in [1.29, 1.82) is 0 Å². The van der Waals surface area contributed by atoms with Crippen LogP contribution in [0.1, 0.15) is 31.9 Å². The van der Waals surface area contributed by atoms with E-state index in [1.54, 1.807) is 75.6 Å². The van der Waals surface area contributed by atoms with Gasteiger partial charge in [-0.25, -0.2) is 8.42 Å². The first-order valence-electron chi connectivity index (χ1n) is 12.5. The lowest BCUT2D eigenvalue weighted by Crippen LogP contribution is -2.52. The van der Waals surface area contributed by atoms with Crippen LogP contribution in [0, 0.1) is 6.92 Å². The van der Waals surface area contributed by atoms with Gasteiger partial charge in [-0.15, -0.1) is 0 Å². The SMILES string of the molecule is COc1ccc(CN(C(=O)CN(c2ccc(C)c(Cl)c2)S(=O)(=O)c2ccccc2)[C@@H](C)C(=O)NC(C)C)cc1. The van der Waals surface area contributed by atoms with Gasteiger partial charge in [0, 0.05) is 17.6 Å². The Kier molecular flexibility index (Phi) is 9.99. The Bertz CT molecular complexity index is 1400. The number of nitrogens with one attached hydrogen (secondary N) is 1. The zero-order valence-corrected chi connectivity index (χ0v) is 24.3. The van der Waals surface area contributed by atoms with Crippen molar-refractivity contribution in [3.05, 3.63) is 88.9 Å². The highest BCUT2D eigenvalue weighted by Crippen LogP contribution is 2.28. The third-order valence-electron chi connectivity index (χ3n) is 6.16. The lowest BCUT2D eigenvalue weighted by molar-refractivity contribution is -0.139. The number of benzene rings is 3. The Morgan fingerprint density at radius 3 is 2.18 bits per heavy atom. The van der Waals surface area contributed by atoms with Crippen LogP contribution in [0.4, 0.5) is 5.69 Å². The van der Waals surface area contributed by atoms with Gasteiger partial charge >= 0.3 is 0 Å². The zero-order valence-electron chi connectivity index (χ0n) is 22.7. The molecule has 0 radical (unpaired) electrons. The second-order valence-corrected chi connectivity index (χ2v) is 11.7. The van der Waals surface area contributed by atoms with Crippen LogP contribution in [0.3, 0.4) is 0 Å². The number of ether oxygens (including phenoxy) is 1. The third-order valence-corrected chi connectivity index (χ3v) is 8.36. The molecule has 1 N–H and O–H groups in total. The first-order valence-corrected chi connectivity index (χ1v) is 14.3. The van der Waals surface area contributed by atoms with Crippen molar-refractivity contribution in [2.24, 2.45) is 0 Å². The summed E-state index contributed by atoms with van der Waals surface area (Å²) in [4.78, 5) is 28.3. The largest absolute Gasteiger partial charge is 0.497 e. The number of hydrogen-bond donors (Lipinski definition) is 1. The molecule has 0 aromatic heterocycles. The molecule has 1 atom stereocenters. The summed E-state index contributed by atoms with van der Waals surface area (Å²) >= 11 is 6.35. The van der Waals surface area contributed by atoms with Crippen LogP contribution in [0.15, 0.2) is 77.7 Å². The average molecular weight is 572 g/mol. The number of amides is 2. The molecule has 39 heavy (non-hydrogen) atoms. The van der Waals surface area contributed by atoms with Crippen LogP contribution >= 0.6 is 11.6 Å². The third kappa shape index (κ3) is 7.52. The molecule has 10 heteroatoms. The minimum atomic E-state index is -4.15. The summed E-state index contributed by atoms with van der Waals surface area (Å²) < 4.78 is 33.8. The van der Waals surface area contributed by atoms with Crippen LogP contribution in [-0.2, 0) is 26.2 Å². The number of carbonyl (C=O) groups is 2. The van der Waals surface area contributed by atoms with Crippen molar-refractivity contribution in [3.63, 3.8) is 0 Å². The molecule has 0 aliphatic rings. The first-order chi connectivity index (χ1) is 18.4. The fourth-order valence-corrected chi connectivity index (χ4v) is 5.50. The van der Waals surface area contributed by atoms with E-state index in [1.807, 2.05) is 13.8 Å². The Labute approximate surface area is 235 Å². The van der Waals surface area contributed by atoms with Gasteiger partial charge in [0.1, 0.15) is 18.3 Å². The molecular formula is C29H34ClN3O5S. The second-order valence-electron chi connectivity index (χ2n) is 9.47. The number of sulfonamides is 1. The van der Waals surface area contributed by atoms with E-state index in [4.69, 9.17) is 16.3 Å². The Morgan fingerprint density at radius 2 is 1.62 bits per heavy atom. The Hall–Kier alpha value is -3.56. The normalized spacial score (nSPS) is 12.1. The number of nitrogens with zero attached hydrogens (tertiary/aromatic N) is 2. The van der Waals surface area contributed by atoms with E-state index in [0.717, 1.165) is 15.4 Å². The molecule has 0 bridgehead atoms. The lowest BCUT2D eigenvalue weighted by atomic mass is 10.1. The molecule has 0 unspecified atom stereocenters. The summed E-state index contributed by atoms with van der Waals surface area (Å²) in [6.07, 6.45) is 0. The molecule has 3 aromatic carbocycles. The Morgan fingerprint density at radius 1 is 0.974 bits per heavy atom. The number of methoxy groups -OCH3 is 1. The fourth-order valence-electron chi connectivity index (χ4n) is 3.90. The smallest absolute Gasteiger partial charge is 0.264 e. The number of halogens is 1. The monoisotopic (exact) mass is 571 g/mol. The summed E-state index contributed by atoms with van der Waals surface area (Å²) in [6, 6.07) is 18.8. The van der Waals surface area contributed by atoms with E-state index >= 15 is 0 Å². The van der Waals surface area contributed by atoms with Crippen LogP contribution in [-0.4, -0.2) is 50.9 Å². The average Bonchev–Trinajstić information content (AvgIpc) is 2.91. The first kappa shape index (κ1) is 30.0. The molecule has 2 amide bonds. The van der Waals surface area contributed by atoms with Crippen molar-refractivity contribution in [2.75, 3.05) is 18.0 Å². The second kappa shape index (κ2) is 13.0. The molecule has 0 aliphatic carbocycles. The molecule has 8 nitrogen and oxygen atoms in total. The van der Waals surface area contributed by atoms with Crippen LogP contribution in [0.25, 0.3) is 0 Å². The molecule has 0 aliphatic heterocycles. The van der Waals surface area contributed by atoms with Gasteiger partial charge in [0.2, 0.25) is 11.8 Å². The Balaban J connectivity index is 2.03.